The molecule has 0 radical (unpaired) electrons. The standard InChI is InChI=1S/C14H28N2O/c1-4-9-16(11(2)3)14(17)13-8-6-5-7-12(13)10-15/h11-13H,4-10,15H2,1-3H3. The lowest BCUT2D eigenvalue weighted by molar-refractivity contribution is -0.140. The molecule has 2 N–H and O–H groups in total. The van der Waals surface area contributed by atoms with Crippen LogP contribution in [-0.4, -0.2) is 29.9 Å². The van der Waals surface area contributed by atoms with Crippen LogP contribution in [0.2, 0.25) is 0 Å². The Morgan fingerprint density at radius 1 is 1.35 bits per heavy atom. The quantitative estimate of drug-likeness (QED) is 0.802. The van der Waals surface area contributed by atoms with Crippen molar-refractivity contribution in [3.63, 3.8) is 0 Å². The van der Waals surface area contributed by atoms with Gasteiger partial charge in [0.15, 0.2) is 0 Å². The zero-order valence-corrected chi connectivity index (χ0v) is 11.6. The van der Waals surface area contributed by atoms with Crippen molar-refractivity contribution in [1.82, 2.24) is 4.90 Å². The summed E-state index contributed by atoms with van der Waals surface area (Å²) < 4.78 is 0. The first-order valence-corrected chi connectivity index (χ1v) is 7.12. The molecule has 0 saturated heterocycles. The Morgan fingerprint density at radius 3 is 2.53 bits per heavy atom. The van der Waals surface area contributed by atoms with Gasteiger partial charge in [0.05, 0.1) is 0 Å². The molecule has 0 aromatic rings. The maximum Gasteiger partial charge on any atom is 0.226 e. The second kappa shape index (κ2) is 7.00. The van der Waals surface area contributed by atoms with Crippen molar-refractivity contribution in [3.05, 3.63) is 0 Å². The van der Waals surface area contributed by atoms with Gasteiger partial charge in [-0.1, -0.05) is 19.8 Å². The van der Waals surface area contributed by atoms with Gasteiger partial charge in [-0.3, -0.25) is 4.79 Å². The molecule has 1 saturated carbocycles. The number of carbonyl (C=O) groups excluding carboxylic acids is 1. The van der Waals surface area contributed by atoms with Gasteiger partial charge in [-0.2, -0.15) is 0 Å². The van der Waals surface area contributed by atoms with E-state index in [1.54, 1.807) is 0 Å². The van der Waals surface area contributed by atoms with E-state index in [1.165, 1.54) is 12.8 Å². The van der Waals surface area contributed by atoms with Crippen molar-refractivity contribution in [3.8, 4) is 0 Å². The lowest BCUT2D eigenvalue weighted by atomic mass is 9.78. The summed E-state index contributed by atoms with van der Waals surface area (Å²) in [6, 6.07) is 0.308. The third-order valence-corrected chi connectivity index (χ3v) is 3.90. The van der Waals surface area contributed by atoms with Gasteiger partial charge in [0.1, 0.15) is 0 Å². The molecule has 0 aromatic heterocycles. The van der Waals surface area contributed by atoms with Crippen molar-refractivity contribution < 1.29 is 4.79 Å². The Labute approximate surface area is 106 Å². The van der Waals surface area contributed by atoms with Crippen LogP contribution in [0.3, 0.4) is 0 Å². The molecule has 1 rings (SSSR count). The fraction of sp³-hybridized carbons (Fsp3) is 0.929. The van der Waals surface area contributed by atoms with Gasteiger partial charge >= 0.3 is 0 Å². The van der Waals surface area contributed by atoms with E-state index >= 15 is 0 Å². The van der Waals surface area contributed by atoms with Crippen LogP contribution in [0.5, 0.6) is 0 Å². The average molecular weight is 240 g/mol. The molecule has 0 aromatic carbocycles. The van der Waals surface area contributed by atoms with E-state index in [4.69, 9.17) is 5.73 Å². The Kier molecular flexibility index (Phi) is 5.96. The van der Waals surface area contributed by atoms with Crippen LogP contribution in [0.15, 0.2) is 0 Å². The fourth-order valence-corrected chi connectivity index (χ4v) is 2.89. The van der Waals surface area contributed by atoms with Gasteiger partial charge in [0.25, 0.3) is 0 Å². The SMILES string of the molecule is CCCN(C(=O)C1CCCCC1CN)C(C)C. The molecule has 3 heteroatoms. The molecule has 100 valence electrons. The van der Waals surface area contributed by atoms with E-state index < -0.39 is 0 Å². The maximum atomic E-state index is 12.6. The molecular formula is C14H28N2O. The van der Waals surface area contributed by atoms with Gasteiger partial charge in [0, 0.05) is 18.5 Å². The van der Waals surface area contributed by atoms with Gasteiger partial charge in [0.2, 0.25) is 5.91 Å². The molecule has 2 unspecified atom stereocenters. The molecular weight excluding hydrogens is 212 g/mol. The molecule has 1 amide bonds. The Morgan fingerprint density at radius 2 is 2.00 bits per heavy atom. The number of hydrogen-bond donors (Lipinski definition) is 1. The van der Waals surface area contributed by atoms with Crippen molar-refractivity contribution in [2.24, 2.45) is 17.6 Å². The summed E-state index contributed by atoms with van der Waals surface area (Å²) in [5.41, 5.74) is 5.81. The summed E-state index contributed by atoms with van der Waals surface area (Å²) in [4.78, 5) is 14.6. The van der Waals surface area contributed by atoms with E-state index in [1.807, 2.05) is 4.90 Å². The average Bonchev–Trinajstić information content (AvgIpc) is 2.34. The lowest BCUT2D eigenvalue weighted by Gasteiger charge is -2.36. The van der Waals surface area contributed by atoms with Gasteiger partial charge in [-0.15, -0.1) is 0 Å². The van der Waals surface area contributed by atoms with E-state index in [-0.39, 0.29) is 5.92 Å². The molecule has 1 aliphatic carbocycles. The normalized spacial score (nSPS) is 25.0. The number of carbonyl (C=O) groups is 1. The third-order valence-electron chi connectivity index (χ3n) is 3.90. The minimum atomic E-state index is 0.183. The van der Waals surface area contributed by atoms with Crippen LogP contribution in [0.25, 0.3) is 0 Å². The van der Waals surface area contributed by atoms with Gasteiger partial charge in [-0.05, 0) is 45.6 Å². The molecule has 1 aliphatic rings. The maximum absolute atomic E-state index is 12.6. The Bertz CT molecular complexity index is 240. The molecule has 2 atom stereocenters. The molecule has 0 aliphatic heterocycles. The van der Waals surface area contributed by atoms with Crippen LogP contribution >= 0.6 is 0 Å². The molecule has 0 spiro atoms. The largest absolute Gasteiger partial charge is 0.340 e. The number of hydrogen-bond acceptors (Lipinski definition) is 2. The van der Waals surface area contributed by atoms with Crippen LogP contribution in [0.4, 0.5) is 0 Å². The first-order valence-electron chi connectivity index (χ1n) is 7.12. The van der Waals surface area contributed by atoms with Crippen molar-refractivity contribution in [2.75, 3.05) is 13.1 Å². The van der Waals surface area contributed by atoms with Crippen LogP contribution in [0, 0.1) is 11.8 Å². The second-order valence-corrected chi connectivity index (χ2v) is 5.51. The minimum Gasteiger partial charge on any atom is -0.340 e. The molecule has 0 bridgehead atoms. The van der Waals surface area contributed by atoms with Gasteiger partial charge < -0.3 is 10.6 Å². The molecule has 3 nitrogen and oxygen atoms in total. The number of nitrogens with two attached hydrogens (primary N) is 1. The van der Waals surface area contributed by atoms with Crippen molar-refractivity contribution in [2.45, 2.75) is 58.9 Å². The highest BCUT2D eigenvalue weighted by Gasteiger charge is 2.33. The number of nitrogens with zero attached hydrogens (tertiary/aromatic N) is 1. The highest BCUT2D eigenvalue weighted by Crippen LogP contribution is 2.31. The minimum absolute atomic E-state index is 0.183. The number of amides is 1. The summed E-state index contributed by atoms with van der Waals surface area (Å²) in [7, 11) is 0. The van der Waals surface area contributed by atoms with Gasteiger partial charge in [-0.25, -0.2) is 0 Å². The van der Waals surface area contributed by atoms with Crippen LogP contribution in [0.1, 0.15) is 52.9 Å². The predicted octanol–water partition coefficient (Wildman–Crippen LogP) is 2.40. The summed E-state index contributed by atoms with van der Waals surface area (Å²) >= 11 is 0. The number of rotatable bonds is 5. The highest BCUT2D eigenvalue weighted by molar-refractivity contribution is 5.79. The second-order valence-electron chi connectivity index (χ2n) is 5.51. The third kappa shape index (κ3) is 3.70. The van der Waals surface area contributed by atoms with E-state index in [0.29, 0.717) is 24.4 Å². The summed E-state index contributed by atoms with van der Waals surface area (Å²) in [5.74, 6) is 0.939. The zero-order chi connectivity index (χ0) is 12.8. The molecule has 0 heterocycles. The van der Waals surface area contributed by atoms with Crippen LogP contribution < -0.4 is 5.73 Å². The summed E-state index contributed by atoms with van der Waals surface area (Å²) in [6.07, 6.45) is 5.62. The van der Waals surface area contributed by atoms with Crippen molar-refractivity contribution in [1.29, 1.82) is 0 Å². The first kappa shape index (κ1) is 14.5. The molecule has 17 heavy (non-hydrogen) atoms. The highest BCUT2D eigenvalue weighted by atomic mass is 16.2. The smallest absolute Gasteiger partial charge is 0.226 e. The summed E-state index contributed by atoms with van der Waals surface area (Å²) in [6.45, 7) is 7.88. The van der Waals surface area contributed by atoms with E-state index in [0.717, 1.165) is 25.8 Å². The van der Waals surface area contributed by atoms with E-state index in [9.17, 15) is 4.79 Å². The van der Waals surface area contributed by atoms with E-state index in [2.05, 4.69) is 20.8 Å². The summed E-state index contributed by atoms with van der Waals surface area (Å²) in [5, 5.41) is 0. The first-order chi connectivity index (χ1) is 8.11. The van der Waals surface area contributed by atoms with Crippen molar-refractivity contribution >= 4 is 5.91 Å². The fourth-order valence-electron chi connectivity index (χ4n) is 2.89. The Hall–Kier alpha value is -0.570. The Balaban J connectivity index is 2.70. The zero-order valence-electron chi connectivity index (χ0n) is 11.6. The monoisotopic (exact) mass is 240 g/mol. The predicted molar refractivity (Wildman–Crippen MR) is 71.6 cm³/mol. The topological polar surface area (TPSA) is 46.3 Å². The van der Waals surface area contributed by atoms with Crippen LogP contribution in [-0.2, 0) is 4.79 Å². The lowest BCUT2D eigenvalue weighted by Crippen LogP contribution is -2.45. The molecule has 1 fully saturated rings.